The van der Waals surface area contributed by atoms with Crippen molar-refractivity contribution in [3.8, 4) is 11.3 Å². The summed E-state index contributed by atoms with van der Waals surface area (Å²) in [6, 6.07) is 2.73. The molecule has 2 aromatic heterocycles. The number of aromatic nitrogens is 2. The summed E-state index contributed by atoms with van der Waals surface area (Å²) in [7, 11) is 0. The van der Waals surface area contributed by atoms with Crippen molar-refractivity contribution in [2.75, 3.05) is 18.4 Å². The molecular formula is C13H16N4S. The summed E-state index contributed by atoms with van der Waals surface area (Å²) in [4.78, 5) is 1.49. The maximum Gasteiger partial charge on any atom is 0.151 e. The summed E-state index contributed by atoms with van der Waals surface area (Å²) in [6.45, 7) is 2.16. The minimum absolute atomic E-state index is 0.529. The molecule has 1 unspecified atom stereocenters. The second kappa shape index (κ2) is 4.10. The zero-order chi connectivity index (χ0) is 11.9. The molecule has 1 atom stereocenters. The van der Waals surface area contributed by atoms with Crippen LogP contribution in [0.25, 0.3) is 11.3 Å². The third-order valence-corrected chi connectivity index (χ3v) is 4.87. The highest BCUT2D eigenvalue weighted by Crippen LogP contribution is 2.38. The molecular weight excluding hydrogens is 244 g/mol. The number of thiophene rings is 1. The fourth-order valence-electron chi connectivity index (χ4n) is 2.92. The topological polar surface area (TPSA) is 52.7 Å². The van der Waals surface area contributed by atoms with Gasteiger partial charge in [-0.25, -0.2) is 0 Å². The number of hydrogen-bond donors (Lipinski definition) is 3. The Morgan fingerprint density at radius 2 is 2.39 bits per heavy atom. The average Bonchev–Trinajstić information content (AvgIpc) is 3.08. The van der Waals surface area contributed by atoms with Crippen LogP contribution < -0.4 is 10.6 Å². The van der Waals surface area contributed by atoms with Gasteiger partial charge in [0.1, 0.15) is 0 Å². The minimum atomic E-state index is 0.529. The van der Waals surface area contributed by atoms with Crippen LogP contribution >= 0.6 is 11.3 Å². The van der Waals surface area contributed by atoms with E-state index < -0.39 is 0 Å². The summed E-state index contributed by atoms with van der Waals surface area (Å²) in [6.07, 6.45) is 3.43. The van der Waals surface area contributed by atoms with Crippen molar-refractivity contribution in [3.63, 3.8) is 0 Å². The Bertz CT molecular complexity index is 565. The van der Waals surface area contributed by atoms with E-state index in [0.29, 0.717) is 6.04 Å². The first kappa shape index (κ1) is 10.6. The summed E-state index contributed by atoms with van der Waals surface area (Å²) in [5.41, 5.74) is 3.95. The van der Waals surface area contributed by atoms with Gasteiger partial charge in [0.05, 0.1) is 5.69 Å². The van der Waals surface area contributed by atoms with Gasteiger partial charge in [0.25, 0.3) is 0 Å². The van der Waals surface area contributed by atoms with Gasteiger partial charge in [-0.2, -0.15) is 5.10 Å². The van der Waals surface area contributed by atoms with E-state index in [9.17, 15) is 0 Å². The van der Waals surface area contributed by atoms with Gasteiger partial charge >= 0.3 is 0 Å². The van der Waals surface area contributed by atoms with Gasteiger partial charge in [0.15, 0.2) is 5.82 Å². The Labute approximate surface area is 110 Å². The van der Waals surface area contributed by atoms with Crippen molar-refractivity contribution in [1.82, 2.24) is 15.5 Å². The molecule has 4 rings (SSSR count). The molecule has 1 aliphatic heterocycles. The molecule has 94 valence electrons. The van der Waals surface area contributed by atoms with Crippen molar-refractivity contribution in [3.05, 3.63) is 21.9 Å². The lowest BCUT2D eigenvalue weighted by Crippen LogP contribution is -2.23. The van der Waals surface area contributed by atoms with Crippen molar-refractivity contribution in [2.24, 2.45) is 0 Å². The van der Waals surface area contributed by atoms with Crippen molar-refractivity contribution < 1.29 is 0 Å². The highest BCUT2D eigenvalue weighted by Gasteiger charge is 2.24. The quantitative estimate of drug-likeness (QED) is 0.774. The molecule has 0 amide bonds. The molecule has 1 aliphatic carbocycles. The fourth-order valence-corrected chi connectivity index (χ4v) is 3.80. The van der Waals surface area contributed by atoms with Crippen LogP contribution in [0, 0.1) is 0 Å². The van der Waals surface area contributed by atoms with Crippen molar-refractivity contribution in [2.45, 2.75) is 25.3 Å². The Morgan fingerprint density at radius 3 is 3.28 bits per heavy atom. The standard InChI is InChI=1S/C13H16N4S/c1-2-11-9(4-6-18-11)12-10(1)13(17-16-12)15-8-3-5-14-7-8/h4,6,8,14H,1-3,5,7H2,(H2,15,16,17). The van der Waals surface area contributed by atoms with E-state index in [-0.39, 0.29) is 0 Å². The lowest BCUT2D eigenvalue weighted by Gasteiger charge is -2.15. The van der Waals surface area contributed by atoms with E-state index in [1.54, 1.807) is 0 Å². The molecule has 18 heavy (non-hydrogen) atoms. The number of aryl methyl sites for hydroxylation is 1. The molecule has 2 aromatic rings. The zero-order valence-corrected chi connectivity index (χ0v) is 10.9. The van der Waals surface area contributed by atoms with Crippen molar-refractivity contribution >= 4 is 17.2 Å². The zero-order valence-electron chi connectivity index (χ0n) is 10.1. The Morgan fingerprint density at radius 1 is 1.39 bits per heavy atom. The van der Waals surface area contributed by atoms with Gasteiger partial charge in [-0.05, 0) is 37.3 Å². The second-order valence-electron chi connectivity index (χ2n) is 5.02. The second-order valence-corrected chi connectivity index (χ2v) is 6.02. The molecule has 1 saturated heterocycles. The molecule has 3 N–H and O–H groups in total. The van der Waals surface area contributed by atoms with Crippen LogP contribution in [0.1, 0.15) is 16.9 Å². The van der Waals surface area contributed by atoms with Crippen LogP contribution in [-0.4, -0.2) is 29.3 Å². The minimum Gasteiger partial charge on any atom is -0.364 e. The number of H-pyrrole nitrogens is 1. The number of hydrogen-bond acceptors (Lipinski definition) is 4. The van der Waals surface area contributed by atoms with E-state index in [2.05, 4.69) is 32.3 Å². The van der Waals surface area contributed by atoms with E-state index >= 15 is 0 Å². The number of rotatable bonds is 2. The maximum absolute atomic E-state index is 4.48. The summed E-state index contributed by atoms with van der Waals surface area (Å²) >= 11 is 1.85. The predicted octanol–water partition coefficient (Wildman–Crippen LogP) is 2.01. The number of fused-ring (bicyclic) bond motifs is 3. The molecule has 5 heteroatoms. The molecule has 4 nitrogen and oxygen atoms in total. The van der Waals surface area contributed by atoms with Crippen LogP contribution in [0.4, 0.5) is 5.82 Å². The van der Waals surface area contributed by atoms with Gasteiger partial charge in [0.2, 0.25) is 0 Å². The summed E-state index contributed by atoms with van der Waals surface area (Å²) in [5.74, 6) is 1.07. The maximum atomic E-state index is 4.48. The molecule has 2 aliphatic rings. The molecule has 0 spiro atoms. The third-order valence-electron chi connectivity index (χ3n) is 3.89. The molecule has 1 fully saturated rings. The molecule has 0 radical (unpaired) electrons. The van der Waals surface area contributed by atoms with Gasteiger partial charge in [-0.3, -0.25) is 5.10 Å². The van der Waals surface area contributed by atoms with Crippen LogP contribution in [0.5, 0.6) is 0 Å². The molecule has 0 saturated carbocycles. The normalized spacial score (nSPS) is 21.7. The van der Waals surface area contributed by atoms with Gasteiger partial charge < -0.3 is 10.6 Å². The highest BCUT2D eigenvalue weighted by molar-refractivity contribution is 7.10. The highest BCUT2D eigenvalue weighted by atomic mass is 32.1. The fraction of sp³-hybridized carbons (Fsp3) is 0.462. The van der Waals surface area contributed by atoms with Crippen LogP contribution in [-0.2, 0) is 12.8 Å². The SMILES string of the molecule is c1cc2c(s1)CCc1c(NC3CCNC3)n[nH]c1-2. The lowest BCUT2D eigenvalue weighted by molar-refractivity contribution is 0.783. The largest absolute Gasteiger partial charge is 0.364 e. The monoisotopic (exact) mass is 260 g/mol. The number of nitrogens with one attached hydrogen (secondary N) is 3. The molecule has 0 aromatic carbocycles. The van der Waals surface area contributed by atoms with E-state index in [1.165, 1.54) is 28.1 Å². The first-order valence-corrected chi connectivity index (χ1v) is 7.41. The average molecular weight is 260 g/mol. The van der Waals surface area contributed by atoms with Gasteiger partial charge in [-0.1, -0.05) is 0 Å². The lowest BCUT2D eigenvalue weighted by atomic mass is 9.96. The number of anilines is 1. The first-order valence-electron chi connectivity index (χ1n) is 6.53. The van der Waals surface area contributed by atoms with Crippen LogP contribution in [0.15, 0.2) is 11.4 Å². The number of nitrogens with zero attached hydrogens (tertiary/aromatic N) is 1. The number of aromatic amines is 1. The summed E-state index contributed by atoms with van der Waals surface area (Å²) in [5, 5.41) is 16.8. The van der Waals surface area contributed by atoms with Crippen molar-refractivity contribution in [1.29, 1.82) is 0 Å². The van der Waals surface area contributed by atoms with Gasteiger partial charge in [0, 0.05) is 28.6 Å². The first-order chi connectivity index (χ1) is 8.92. The van der Waals surface area contributed by atoms with E-state index in [1.807, 2.05) is 11.3 Å². The third kappa shape index (κ3) is 1.58. The summed E-state index contributed by atoms with van der Waals surface area (Å²) < 4.78 is 0. The van der Waals surface area contributed by atoms with Crippen LogP contribution in [0.2, 0.25) is 0 Å². The van der Waals surface area contributed by atoms with Gasteiger partial charge in [-0.15, -0.1) is 11.3 Å². The predicted molar refractivity (Wildman–Crippen MR) is 74.2 cm³/mol. The smallest absolute Gasteiger partial charge is 0.151 e. The van der Waals surface area contributed by atoms with E-state index in [0.717, 1.165) is 31.7 Å². The Kier molecular flexibility index (Phi) is 2.41. The Hall–Kier alpha value is -1.33. The van der Waals surface area contributed by atoms with Crippen LogP contribution in [0.3, 0.4) is 0 Å². The van der Waals surface area contributed by atoms with E-state index in [4.69, 9.17) is 0 Å². The molecule has 0 bridgehead atoms. The molecule has 3 heterocycles. The Balaban J connectivity index is 1.67.